The number of guanidine groups is 1. The monoisotopic (exact) mass is 379 g/mol. The van der Waals surface area contributed by atoms with Gasteiger partial charge in [0.05, 0.1) is 32.6 Å². The molecule has 0 atom stereocenters. The number of ether oxygens (including phenoxy) is 2. The highest BCUT2D eigenvalue weighted by molar-refractivity contribution is 5.93. The van der Waals surface area contributed by atoms with Crippen molar-refractivity contribution in [1.82, 2.24) is 15.1 Å². The van der Waals surface area contributed by atoms with Gasteiger partial charge in [0.15, 0.2) is 17.5 Å². The molecule has 146 valence electrons. The van der Waals surface area contributed by atoms with Crippen molar-refractivity contribution >= 4 is 11.6 Å². The number of rotatable bonds is 7. The number of nitrogens with zero attached hydrogens (tertiary/aromatic N) is 3. The fraction of sp³-hybridized carbons (Fsp3) is 0.238. The zero-order valence-electron chi connectivity index (χ0n) is 16.3. The van der Waals surface area contributed by atoms with Gasteiger partial charge in [-0.3, -0.25) is 0 Å². The number of aliphatic imine (C=N–C) groups is 1. The molecule has 0 amide bonds. The number of nitrogens with one attached hydrogen (secondary N) is 2. The molecule has 0 bridgehead atoms. The molecule has 1 heterocycles. The lowest BCUT2D eigenvalue weighted by atomic mass is 10.2. The Balaban J connectivity index is 1.72. The van der Waals surface area contributed by atoms with Crippen molar-refractivity contribution in [2.24, 2.45) is 4.99 Å². The van der Waals surface area contributed by atoms with Crippen molar-refractivity contribution in [1.29, 1.82) is 0 Å². The number of hydrogen-bond acceptors (Lipinski definition) is 4. The molecule has 0 saturated carbocycles. The van der Waals surface area contributed by atoms with E-state index in [1.165, 1.54) is 0 Å². The standard InChI is InChI=1S/C21H25N5O2/c1-4-22-21(25-17-10-11-19(27-2)20(12-17)28-3)23-13-16-14-24-26(15-16)18-8-6-5-7-9-18/h5-12,14-15H,4,13H2,1-3H3,(H2,22,23,25). The Morgan fingerprint density at radius 2 is 1.86 bits per heavy atom. The Labute approximate surface area is 165 Å². The lowest BCUT2D eigenvalue weighted by Crippen LogP contribution is -2.30. The summed E-state index contributed by atoms with van der Waals surface area (Å²) in [5.74, 6) is 2.03. The summed E-state index contributed by atoms with van der Waals surface area (Å²) in [5, 5.41) is 10.9. The van der Waals surface area contributed by atoms with E-state index in [9.17, 15) is 0 Å². The Morgan fingerprint density at radius 3 is 2.57 bits per heavy atom. The van der Waals surface area contributed by atoms with Gasteiger partial charge in [-0.25, -0.2) is 9.67 Å². The van der Waals surface area contributed by atoms with Crippen LogP contribution in [-0.2, 0) is 6.54 Å². The summed E-state index contributed by atoms with van der Waals surface area (Å²) >= 11 is 0. The molecule has 3 aromatic rings. The van der Waals surface area contributed by atoms with E-state index in [2.05, 4.69) is 20.7 Å². The van der Waals surface area contributed by atoms with Crippen molar-refractivity contribution < 1.29 is 9.47 Å². The van der Waals surface area contributed by atoms with Crippen LogP contribution in [0.25, 0.3) is 5.69 Å². The Bertz CT molecular complexity index is 922. The number of methoxy groups -OCH3 is 2. The van der Waals surface area contributed by atoms with E-state index in [0.717, 1.165) is 23.5 Å². The van der Waals surface area contributed by atoms with Crippen molar-refractivity contribution in [2.75, 3.05) is 26.1 Å². The van der Waals surface area contributed by atoms with E-state index in [1.807, 2.05) is 72.5 Å². The number of benzene rings is 2. The highest BCUT2D eigenvalue weighted by Crippen LogP contribution is 2.29. The van der Waals surface area contributed by atoms with E-state index in [-0.39, 0.29) is 0 Å². The highest BCUT2D eigenvalue weighted by Gasteiger charge is 2.07. The van der Waals surface area contributed by atoms with Gasteiger partial charge in [0, 0.05) is 30.1 Å². The quantitative estimate of drug-likeness (QED) is 0.486. The smallest absolute Gasteiger partial charge is 0.196 e. The minimum absolute atomic E-state index is 0.509. The number of aromatic nitrogens is 2. The van der Waals surface area contributed by atoms with Crippen LogP contribution in [0.4, 0.5) is 5.69 Å². The molecule has 1 aromatic heterocycles. The summed E-state index contributed by atoms with van der Waals surface area (Å²) in [6.07, 6.45) is 3.81. The van der Waals surface area contributed by atoms with Gasteiger partial charge in [-0.2, -0.15) is 5.10 Å². The summed E-state index contributed by atoms with van der Waals surface area (Å²) in [6, 6.07) is 15.7. The van der Waals surface area contributed by atoms with Crippen molar-refractivity contribution in [3.05, 3.63) is 66.5 Å². The van der Waals surface area contributed by atoms with Gasteiger partial charge in [-0.1, -0.05) is 18.2 Å². The van der Waals surface area contributed by atoms with Crippen molar-refractivity contribution in [3.63, 3.8) is 0 Å². The van der Waals surface area contributed by atoms with Crippen LogP contribution in [0.15, 0.2) is 65.9 Å². The average Bonchev–Trinajstić information content (AvgIpc) is 3.22. The third kappa shape index (κ3) is 4.82. The second-order valence-electron chi connectivity index (χ2n) is 6.02. The maximum Gasteiger partial charge on any atom is 0.196 e. The van der Waals surface area contributed by atoms with E-state index in [0.29, 0.717) is 24.0 Å². The van der Waals surface area contributed by atoms with Gasteiger partial charge in [0.2, 0.25) is 0 Å². The predicted molar refractivity (Wildman–Crippen MR) is 112 cm³/mol. The van der Waals surface area contributed by atoms with Gasteiger partial charge < -0.3 is 20.1 Å². The van der Waals surface area contributed by atoms with Crippen LogP contribution in [0, 0.1) is 0 Å². The zero-order valence-corrected chi connectivity index (χ0v) is 16.3. The highest BCUT2D eigenvalue weighted by atomic mass is 16.5. The second-order valence-corrected chi connectivity index (χ2v) is 6.02. The molecule has 0 saturated heterocycles. The molecule has 0 spiro atoms. The third-order valence-corrected chi connectivity index (χ3v) is 4.07. The Morgan fingerprint density at radius 1 is 1.07 bits per heavy atom. The van der Waals surface area contributed by atoms with Gasteiger partial charge in [0.1, 0.15) is 0 Å². The normalized spacial score (nSPS) is 11.2. The van der Waals surface area contributed by atoms with Gasteiger partial charge in [0.25, 0.3) is 0 Å². The van der Waals surface area contributed by atoms with Gasteiger partial charge in [-0.15, -0.1) is 0 Å². The van der Waals surface area contributed by atoms with Crippen molar-refractivity contribution in [2.45, 2.75) is 13.5 Å². The summed E-state index contributed by atoms with van der Waals surface area (Å²) in [6.45, 7) is 3.29. The minimum Gasteiger partial charge on any atom is -0.493 e. The molecular formula is C21H25N5O2. The molecule has 7 heteroatoms. The SMILES string of the molecule is CCNC(=NCc1cnn(-c2ccccc2)c1)Nc1ccc(OC)c(OC)c1. The second kappa shape index (κ2) is 9.45. The van der Waals surface area contributed by atoms with E-state index in [1.54, 1.807) is 14.2 Å². The van der Waals surface area contributed by atoms with Crippen LogP contribution >= 0.6 is 0 Å². The first-order chi connectivity index (χ1) is 13.7. The molecule has 0 aliphatic carbocycles. The number of para-hydroxylation sites is 1. The van der Waals surface area contributed by atoms with Crippen LogP contribution in [0.3, 0.4) is 0 Å². The van der Waals surface area contributed by atoms with Crippen LogP contribution in [-0.4, -0.2) is 36.5 Å². The first-order valence-electron chi connectivity index (χ1n) is 9.09. The van der Waals surface area contributed by atoms with Gasteiger partial charge in [-0.05, 0) is 31.2 Å². The predicted octanol–water partition coefficient (Wildman–Crippen LogP) is 3.47. The summed E-state index contributed by atoms with van der Waals surface area (Å²) in [5.41, 5.74) is 2.90. The summed E-state index contributed by atoms with van der Waals surface area (Å²) < 4.78 is 12.5. The fourth-order valence-corrected chi connectivity index (χ4v) is 2.69. The first-order valence-corrected chi connectivity index (χ1v) is 9.09. The van der Waals surface area contributed by atoms with E-state index >= 15 is 0 Å². The molecule has 0 radical (unpaired) electrons. The first kappa shape index (κ1) is 19.3. The molecule has 3 rings (SSSR count). The largest absolute Gasteiger partial charge is 0.493 e. The Hall–Kier alpha value is -3.48. The summed E-state index contributed by atoms with van der Waals surface area (Å²) in [7, 11) is 3.23. The van der Waals surface area contributed by atoms with Crippen LogP contribution in [0.5, 0.6) is 11.5 Å². The average molecular weight is 379 g/mol. The minimum atomic E-state index is 0.509. The summed E-state index contributed by atoms with van der Waals surface area (Å²) in [4.78, 5) is 4.65. The third-order valence-electron chi connectivity index (χ3n) is 4.07. The molecule has 7 nitrogen and oxygen atoms in total. The van der Waals surface area contributed by atoms with Crippen LogP contribution in [0.1, 0.15) is 12.5 Å². The zero-order chi connectivity index (χ0) is 19.8. The topological polar surface area (TPSA) is 72.7 Å². The Kier molecular flexibility index (Phi) is 6.51. The maximum atomic E-state index is 5.36. The lowest BCUT2D eigenvalue weighted by molar-refractivity contribution is 0.355. The molecule has 0 fully saturated rings. The van der Waals surface area contributed by atoms with Crippen molar-refractivity contribution in [3.8, 4) is 17.2 Å². The maximum absolute atomic E-state index is 5.36. The molecule has 28 heavy (non-hydrogen) atoms. The number of anilines is 1. The van der Waals surface area contributed by atoms with Crippen LogP contribution in [0.2, 0.25) is 0 Å². The molecule has 0 aliphatic rings. The van der Waals surface area contributed by atoms with E-state index < -0.39 is 0 Å². The molecule has 2 aromatic carbocycles. The number of hydrogen-bond donors (Lipinski definition) is 2. The lowest BCUT2D eigenvalue weighted by Gasteiger charge is -2.13. The fourth-order valence-electron chi connectivity index (χ4n) is 2.69. The molecule has 0 aliphatic heterocycles. The molecular weight excluding hydrogens is 354 g/mol. The van der Waals surface area contributed by atoms with E-state index in [4.69, 9.17) is 9.47 Å². The molecule has 0 unspecified atom stereocenters. The van der Waals surface area contributed by atoms with Gasteiger partial charge >= 0.3 is 0 Å². The molecule has 2 N–H and O–H groups in total. The van der Waals surface area contributed by atoms with Crippen LogP contribution < -0.4 is 20.1 Å².